The lowest BCUT2D eigenvalue weighted by atomic mass is 10.1. The van der Waals surface area contributed by atoms with Crippen LogP contribution in [-0.4, -0.2) is 38.6 Å². The zero-order valence-corrected chi connectivity index (χ0v) is 12.8. The molecule has 3 aromatic rings. The molecule has 0 fully saturated rings. The molecule has 2 aromatic carbocycles. The lowest BCUT2D eigenvalue weighted by Gasteiger charge is -2.19. The summed E-state index contributed by atoms with van der Waals surface area (Å²) in [6, 6.07) is 14.1. The smallest absolute Gasteiger partial charge is 0.266 e. The molecule has 6 nitrogen and oxygen atoms in total. The predicted octanol–water partition coefficient (Wildman–Crippen LogP) is 1.33. The van der Waals surface area contributed by atoms with Crippen molar-refractivity contribution in [1.29, 1.82) is 0 Å². The summed E-state index contributed by atoms with van der Waals surface area (Å²) in [5.74, 6) is 0.277. The number of fused-ring (bicyclic) bond motifs is 4. The molecule has 0 spiro atoms. The first-order valence-electron chi connectivity index (χ1n) is 7.71. The number of carbonyl (C=O) groups excluding carboxylic acids is 1. The molecule has 1 aliphatic heterocycles. The first kappa shape index (κ1) is 14.6. The van der Waals surface area contributed by atoms with Crippen LogP contribution in [0, 0.1) is 0 Å². The van der Waals surface area contributed by atoms with Gasteiger partial charge in [0.2, 0.25) is 0 Å². The molecule has 1 aromatic heterocycles. The van der Waals surface area contributed by atoms with E-state index in [-0.39, 0.29) is 31.2 Å². The van der Waals surface area contributed by atoms with E-state index in [1.54, 1.807) is 42.5 Å². The number of aliphatic hydroxyl groups is 1. The van der Waals surface area contributed by atoms with Gasteiger partial charge in [0, 0.05) is 6.54 Å². The summed E-state index contributed by atoms with van der Waals surface area (Å²) in [6.45, 7) is 0.218. The minimum atomic E-state index is -0.214. The number of β-amino-alcohol motifs (C(OH)–C–C–N with tert-alkyl or cyclic N) is 1. The van der Waals surface area contributed by atoms with E-state index >= 15 is 0 Å². The third kappa shape index (κ3) is 2.11. The summed E-state index contributed by atoms with van der Waals surface area (Å²) in [5, 5.41) is 9.78. The van der Waals surface area contributed by atoms with Crippen LogP contribution in [0.2, 0.25) is 0 Å². The van der Waals surface area contributed by atoms with Crippen LogP contribution in [-0.2, 0) is 6.54 Å². The Bertz CT molecular complexity index is 1010. The molecule has 0 bridgehead atoms. The topological polar surface area (TPSA) is 75.4 Å². The van der Waals surface area contributed by atoms with Crippen LogP contribution in [0.1, 0.15) is 16.2 Å². The van der Waals surface area contributed by atoms with Crippen molar-refractivity contribution < 1.29 is 9.90 Å². The summed E-state index contributed by atoms with van der Waals surface area (Å²) < 4.78 is 1.51. The highest BCUT2D eigenvalue weighted by molar-refractivity contribution is 5.98. The second kappa shape index (κ2) is 5.58. The van der Waals surface area contributed by atoms with Crippen LogP contribution in [0.3, 0.4) is 0 Å². The molecule has 0 aliphatic carbocycles. The minimum Gasteiger partial charge on any atom is -0.395 e. The highest BCUT2D eigenvalue weighted by atomic mass is 16.3. The Labute approximate surface area is 137 Å². The van der Waals surface area contributed by atoms with Gasteiger partial charge in [0.05, 0.1) is 35.3 Å². The molecule has 6 heteroatoms. The summed E-state index contributed by atoms with van der Waals surface area (Å²) in [6.07, 6.45) is 0. The van der Waals surface area contributed by atoms with Crippen molar-refractivity contribution in [3.63, 3.8) is 0 Å². The number of hydrogen-bond acceptors (Lipinski definition) is 4. The van der Waals surface area contributed by atoms with E-state index in [1.807, 2.05) is 6.07 Å². The fraction of sp³-hybridized carbons (Fsp3) is 0.167. The number of para-hydroxylation sites is 2. The summed E-state index contributed by atoms with van der Waals surface area (Å²) in [5.41, 5.74) is 1.37. The first-order chi connectivity index (χ1) is 11.7. The number of carbonyl (C=O) groups is 1. The molecule has 1 amide bonds. The number of amides is 1. The number of hydrogen-bond donors (Lipinski definition) is 1. The molecular weight excluding hydrogens is 306 g/mol. The second-order valence-corrected chi connectivity index (χ2v) is 5.65. The fourth-order valence-corrected chi connectivity index (χ4v) is 3.10. The van der Waals surface area contributed by atoms with Crippen molar-refractivity contribution in [2.75, 3.05) is 13.2 Å². The molecule has 0 saturated heterocycles. The third-order valence-electron chi connectivity index (χ3n) is 4.21. The molecule has 120 valence electrons. The highest BCUT2D eigenvalue weighted by Crippen LogP contribution is 2.23. The largest absolute Gasteiger partial charge is 0.395 e. The summed E-state index contributed by atoms with van der Waals surface area (Å²) in [4.78, 5) is 31.9. The van der Waals surface area contributed by atoms with E-state index in [2.05, 4.69) is 4.98 Å². The lowest BCUT2D eigenvalue weighted by Crippen LogP contribution is -2.33. The maximum absolute atomic E-state index is 13.0. The molecular formula is C18H15N3O3. The van der Waals surface area contributed by atoms with Crippen molar-refractivity contribution in [2.45, 2.75) is 6.54 Å². The van der Waals surface area contributed by atoms with Gasteiger partial charge in [-0.25, -0.2) is 4.98 Å². The van der Waals surface area contributed by atoms with E-state index in [0.717, 1.165) is 0 Å². The predicted molar refractivity (Wildman–Crippen MR) is 89.2 cm³/mol. The Balaban J connectivity index is 2.08. The molecule has 0 unspecified atom stereocenters. The van der Waals surface area contributed by atoms with Gasteiger partial charge in [0.15, 0.2) is 0 Å². The second-order valence-electron chi connectivity index (χ2n) is 5.65. The lowest BCUT2D eigenvalue weighted by molar-refractivity contribution is 0.0708. The molecule has 1 aliphatic rings. The van der Waals surface area contributed by atoms with Crippen molar-refractivity contribution >= 4 is 16.8 Å². The number of rotatable bonds is 2. The van der Waals surface area contributed by atoms with Crippen LogP contribution in [0.15, 0.2) is 53.3 Å². The fourth-order valence-electron chi connectivity index (χ4n) is 3.10. The van der Waals surface area contributed by atoms with Crippen molar-refractivity contribution in [3.05, 3.63) is 70.3 Å². The van der Waals surface area contributed by atoms with Crippen LogP contribution >= 0.6 is 0 Å². The molecule has 0 atom stereocenters. The number of aromatic nitrogens is 2. The zero-order valence-electron chi connectivity index (χ0n) is 12.8. The summed E-state index contributed by atoms with van der Waals surface area (Å²) in [7, 11) is 0. The minimum absolute atomic E-state index is 0.147. The quantitative estimate of drug-likeness (QED) is 0.773. The Morgan fingerprint density at radius 2 is 1.79 bits per heavy atom. The SMILES string of the molecule is O=C1c2ccccc2-n2c(nc3ccccc3c2=O)CN1CCO. The number of benzene rings is 2. The van der Waals surface area contributed by atoms with Gasteiger partial charge in [0.25, 0.3) is 11.5 Å². The zero-order chi connectivity index (χ0) is 16.7. The maximum atomic E-state index is 13.0. The molecule has 1 N–H and O–H groups in total. The van der Waals surface area contributed by atoms with Crippen molar-refractivity contribution in [1.82, 2.24) is 14.5 Å². The molecule has 0 saturated carbocycles. The summed E-state index contributed by atoms with van der Waals surface area (Å²) >= 11 is 0. The normalized spacial score (nSPS) is 13.5. The third-order valence-corrected chi connectivity index (χ3v) is 4.21. The monoisotopic (exact) mass is 321 g/mol. The van der Waals surface area contributed by atoms with E-state index in [1.165, 1.54) is 9.47 Å². The number of aliphatic hydroxyl groups excluding tert-OH is 1. The maximum Gasteiger partial charge on any atom is 0.266 e. The average molecular weight is 321 g/mol. The van der Waals surface area contributed by atoms with E-state index in [4.69, 9.17) is 0 Å². The van der Waals surface area contributed by atoms with Gasteiger partial charge in [-0.3, -0.25) is 14.2 Å². The van der Waals surface area contributed by atoms with Crippen LogP contribution in [0.4, 0.5) is 0 Å². The Kier molecular flexibility index (Phi) is 3.39. The highest BCUT2D eigenvalue weighted by Gasteiger charge is 2.27. The molecule has 2 heterocycles. The molecule has 24 heavy (non-hydrogen) atoms. The van der Waals surface area contributed by atoms with Gasteiger partial charge < -0.3 is 10.0 Å². The van der Waals surface area contributed by atoms with Gasteiger partial charge in [-0.2, -0.15) is 0 Å². The Hall–Kier alpha value is -2.99. The van der Waals surface area contributed by atoms with E-state index in [0.29, 0.717) is 28.0 Å². The van der Waals surface area contributed by atoms with Crippen LogP contribution < -0.4 is 5.56 Å². The molecule has 0 radical (unpaired) electrons. The van der Waals surface area contributed by atoms with Gasteiger partial charge >= 0.3 is 0 Å². The van der Waals surface area contributed by atoms with Crippen LogP contribution in [0.5, 0.6) is 0 Å². The number of nitrogens with zero attached hydrogens (tertiary/aromatic N) is 3. The van der Waals surface area contributed by atoms with E-state index < -0.39 is 0 Å². The molecule has 4 rings (SSSR count). The average Bonchev–Trinajstić information content (AvgIpc) is 2.72. The van der Waals surface area contributed by atoms with Crippen molar-refractivity contribution in [3.8, 4) is 5.69 Å². The van der Waals surface area contributed by atoms with Crippen molar-refractivity contribution in [2.24, 2.45) is 0 Å². The van der Waals surface area contributed by atoms with Gasteiger partial charge in [-0.05, 0) is 24.3 Å². The Morgan fingerprint density at radius 3 is 2.62 bits per heavy atom. The van der Waals surface area contributed by atoms with Gasteiger partial charge in [-0.15, -0.1) is 0 Å². The standard InChI is InChI=1S/C18H15N3O3/c22-10-9-20-11-16-19-14-7-3-1-5-12(14)18(24)21(16)15-8-4-2-6-13(15)17(20)23/h1-8,22H,9-11H2. The van der Waals surface area contributed by atoms with Gasteiger partial charge in [-0.1, -0.05) is 24.3 Å². The van der Waals surface area contributed by atoms with Crippen LogP contribution in [0.25, 0.3) is 16.6 Å². The Morgan fingerprint density at radius 1 is 1.04 bits per heavy atom. The first-order valence-corrected chi connectivity index (χ1v) is 7.71. The van der Waals surface area contributed by atoms with E-state index in [9.17, 15) is 14.7 Å². The van der Waals surface area contributed by atoms with Gasteiger partial charge in [0.1, 0.15) is 5.82 Å².